The summed E-state index contributed by atoms with van der Waals surface area (Å²) >= 11 is 3.67. The number of nitrogens with two attached hydrogens (primary N) is 6. The van der Waals surface area contributed by atoms with Gasteiger partial charge in [-0.15, -0.1) is 29.0 Å². The zero-order valence-electron chi connectivity index (χ0n) is 76.8. The molecule has 42 heteroatoms. The van der Waals surface area contributed by atoms with E-state index in [1.807, 2.05) is 118 Å². The molecule has 15 N–H and O–H groups in total. The number of imidazole rings is 2. The number of nitrogen functional groups attached to an aromatic ring is 4. The zero-order chi connectivity index (χ0) is 96.0. The molecule has 7 heterocycles. The van der Waals surface area contributed by atoms with Crippen LogP contribution in [0, 0.1) is 0 Å². The number of anilines is 4. The molecule has 4 aromatic carbocycles. The van der Waals surface area contributed by atoms with Crippen LogP contribution in [0.3, 0.4) is 0 Å². The molecule has 0 saturated carbocycles. The van der Waals surface area contributed by atoms with E-state index in [0.717, 1.165) is 63.9 Å². The maximum Gasteiger partial charge on any atom is 0.333 e. The molecule has 1 aliphatic heterocycles. The summed E-state index contributed by atoms with van der Waals surface area (Å²) in [5, 5.41) is 0.514. The van der Waals surface area contributed by atoms with Gasteiger partial charge in [0.05, 0.1) is 72.1 Å². The number of hydroxylamine groups is 2. The number of ketones is 5. The van der Waals surface area contributed by atoms with Crippen molar-refractivity contribution in [1.29, 1.82) is 0 Å². The third kappa shape index (κ3) is 47.9. The largest absolute Gasteiger partial charge is 0.471 e. The lowest BCUT2D eigenvalue weighted by Crippen LogP contribution is -2.32. The van der Waals surface area contributed by atoms with Crippen molar-refractivity contribution in [2.45, 2.75) is 181 Å². The van der Waals surface area contributed by atoms with E-state index >= 15 is 0 Å². The fourth-order valence-corrected chi connectivity index (χ4v) is 12.3. The number of halogens is 1. The first-order valence-corrected chi connectivity index (χ1v) is 45.2. The number of rotatable bonds is 61. The van der Waals surface area contributed by atoms with Crippen molar-refractivity contribution in [3.8, 4) is 23.8 Å². The second kappa shape index (κ2) is 67.5. The number of aryl methyl sites for hydroxylation is 4. The third-order valence-corrected chi connectivity index (χ3v) is 19.8. The lowest BCUT2D eigenvalue weighted by Gasteiger charge is -2.12. The SMILES string of the molecule is CCNS.C[B]CN.I.NCCOCCOCCOCCCC(=O)CCc1ccc(COc2nccc(N)n2)cc1.Nc1ccnc(OCc2ccc(CCC(=O)CCCOCCOCCOCCCC(=O)CCCC(=O)CCc3ccc(COc4nc(N)nc5nc[nH]c45)cc3)cc2)n1.Nc1nc(OCc2ccc(CCC(=O)CCCC(=O)ON3C(=O)CCC3=O)cc2)c2[nH]cnc2n1. The summed E-state index contributed by atoms with van der Waals surface area (Å²) in [7, 11) is 1.90. The molecule has 0 aliphatic carbocycles. The maximum absolute atomic E-state index is 12.4. The smallest absolute Gasteiger partial charge is 0.333 e. The molecule has 0 bridgehead atoms. The highest BCUT2D eigenvalue weighted by Gasteiger charge is 2.33. The predicted molar refractivity (Wildman–Crippen MR) is 522 cm³/mol. The molecule has 39 nitrogen and oxygen atoms in total. The van der Waals surface area contributed by atoms with Crippen LogP contribution in [0.25, 0.3) is 22.3 Å². The molecule has 11 rings (SSSR count). The highest BCUT2D eigenvalue weighted by Crippen LogP contribution is 2.25. The molecule has 0 spiro atoms. The number of carbonyl (C=O) groups is 8. The van der Waals surface area contributed by atoms with Crippen LogP contribution in [0.5, 0.6) is 23.8 Å². The summed E-state index contributed by atoms with van der Waals surface area (Å²) in [5.74, 6) is 0.589. The molecule has 10 aromatic rings. The van der Waals surface area contributed by atoms with Gasteiger partial charge in [0.15, 0.2) is 11.3 Å². The Labute approximate surface area is 809 Å². The van der Waals surface area contributed by atoms with E-state index in [1.165, 1.54) is 12.7 Å². The summed E-state index contributed by atoms with van der Waals surface area (Å²) in [6.45, 7) is 12.6. The molecule has 135 heavy (non-hydrogen) atoms. The van der Waals surface area contributed by atoms with E-state index in [0.29, 0.717) is 266 Å². The van der Waals surface area contributed by atoms with E-state index in [2.05, 4.69) is 77.3 Å². The van der Waals surface area contributed by atoms with Crippen molar-refractivity contribution in [3.05, 3.63) is 179 Å². The highest BCUT2D eigenvalue weighted by molar-refractivity contribution is 14.0. The molecule has 6 aromatic heterocycles. The Morgan fingerprint density at radius 2 is 0.696 bits per heavy atom. The summed E-state index contributed by atoms with van der Waals surface area (Å²) in [5.41, 5.74) is 43.1. The number of H-pyrrole nitrogens is 2. The van der Waals surface area contributed by atoms with Crippen molar-refractivity contribution < 1.29 is 90.6 Å². The van der Waals surface area contributed by atoms with Gasteiger partial charge in [-0.05, 0) is 121 Å². The van der Waals surface area contributed by atoms with Crippen molar-refractivity contribution in [2.24, 2.45) is 11.5 Å². The first-order chi connectivity index (χ1) is 65.2. The van der Waals surface area contributed by atoms with Gasteiger partial charge in [-0.25, -0.2) is 24.7 Å². The number of fused-ring (bicyclic) bond motifs is 2. The Morgan fingerprint density at radius 3 is 1.01 bits per heavy atom. The Balaban J connectivity index is 0.000000315. The van der Waals surface area contributed by atoms with Gasteiger partial charge < -0.3 is 96.6 Å². The molecular formula is C93H127BIN20O19S. The number of nitrogens with one attached hydrogen (secondary N) is 3. The molecule has 0 atom stereocenters. The molecule has 1 saturated heterocycles. The summed E-state index contributed by atoms with van der Waals surface area (Å²) in [6, 6.07) is 35.2. The predicted octanol–water partition coefficient (Wildman–Crippen LogP) is 9.95. The van der Waals surface area contributed by atoms with Gasteiger partial charge >= 0.3 is 18.0 Å². The Morgan fingerprint density at radius 1 is 0.400 bits per heavy atom. The molecule has 1 fully saturated rings. The van der Waals surface area contributed by atoms with Crippen LogP contribution >= 0.6 is 36.8 Å². The van der Waals surface area contributed by atoms with E-state index in [-0.39, 0.29) is 109 Å². The fourth-order valence-electron chi connectivity index (χ4n) is 12.3. The van der Waals surface area contributed by atoms with Crippen molar-refractivity contribution in [1.82, 2.24) is 69.6 Å². The molecule has 729 valence electrons. The van der Waals surface area contributed by atoms with Crippen molar-refractivity contribution in [2.75, 3.05) is 122 Å². The number of thiol groups is 1. The van der Waals surface area contributed by atoms with Crippen LogP contribution in [0.15, 0.2) is 134 Å². The van der Waals surface area contributed by atoms with Gasteiger partial charge in [-0.3, -0.25) is 38.3 Å². The fraction of sp³-hybridized carbons (Fsp3) is 0.462. The van der Waals surface area contributed by atoms with E-state index < -0.39 is 17.8 Å². The lowest BCUT2D eigenvalue weighted by atomic mass is 9.84. The number of aromatic nitrogens is 12. The number of aromatic amines is 2. The van der Waals surface area contributed by atoms with Gasteiger partial charge in [0, 0.05) is 129 Å². The number of ether oxygens (including phenoxy) is 10. The normalized spacial score (nSPS) is 11.4. The van der Waals surface area contributed by atoms with Gasteiger partial charge in [0.2, 0.25) is 23.7 Å². The van der Waals surface area contributed by atoms with E-state index in [1.54, 1.807) is 24.5 Å². The molecular weight excluding hydrogens is 1870 g/mol. The summed E-state index contributed by atoms with van der Waals surface area (Å²) in [4.78, 5) is 147. The number of Topliss-reactive ketones (excluding diaryl/α,β-unsaturated/α-hetero) is 5. The van der Waals surface area contributed by atoms with Gasteiger partial charge in [0.25, 0.3) is 11.8 Å². The van der Waals surface area contributed by atoms with Crippen LogP contribution in [0.2, 0.25) is 6.82 Å². The average Bonchev–Trinajstić information content (AvgIpc) is 1.71. The van der Waals surface area contributed by atoms with Gasteiger partial charge in [-0.2, -0.15) is 29.9 Å². The molecule has 0 unspecified atom stereocenters. The number of carbonyl (C=O) groups excluding carboxylic acids is 8. The van der Waals surface area contributed by atoms with E-state index in [4.69, 9.17) is 86.6 Å². The summed E-state index contributed by atoms with van der Waals surface area (Å²) in [6.07, 6.45) is 16.6. The first-order valence-electron chi connectivity index (χ1n) is 44.8. The van der Waals surface area contributed by atoms with Gasteiger partial charge in [0.1, 0.15) is 85.3 Å². The average molecular weight is 2000 g/mol. The van der Waals surface area contributed by atoms with Crippen LogP contribution in [0.1, 0.15) is 167 Å². The van der Waals surface area contributed by atoms with Crippen LogP contribution in [-0.2, 0) is 124 Å². The summed E-state index contributed by atoms with van der Waals surface area (Å²) < 4.78 is 58.1. The molecule has 1 aliphatic rings. The topological polar surface area (TPSA) is 570 Å². The lowest BCUT2D eigenvalue weighted by molar-refractivity contribution is -0.197. The Kier molecular flexibility index (Phi) is 56.0. The minimum absolute atomic E-state index is 0. The maximum atomic E-state index is 12.4. The van der Waals surface area contributed by atoms with Gasteiger partial charge in [-0.1, -0.05) is 124 Å². The highest BCUT2D eigenvalue weighted by atomic mass is 127. The van der Waals surface area contributed by atoms with Crippen LogP contribution < -0.4 is 58.1 Å². The Hall–Kier alpha value is -11.7. The van der Waals surface area contributed by atoms with Crippen LogP contribution in [0.4, 0.5) is 23.5 Å². The van der Waals surface area contributed by atoms with Crippen LogP contribution in [-0.4, -0.2) is 218 Å². The number of benzene rings is 4. The number of hydrogen-bond acceptors (Lipinski definition) is 37. The minimum Gasteiger partial charge on any atom is -0.471 e. The minimum atomic E-state index is -0.697. The number of amides is 2. The second-order valence-corrected chi connectivity index (χ2v) is 30.6. The first kappa shape index (κ1) is 112. The van der Waals surface area contributed by atoms with Crippen molar-refractivity contribution >= 4 is 137 Å². The van der Waals surface area contributed by atoms with Crippen molar-refractivity contribution in [3.63, 3.8) is 0 Å². The molecule has 2 amide bonds. The number of nitrogens with zero attached hydrogens (tertiary/aromatic N) is 11. The second-order valence-electron chi connectivity index (χ2n) is 30.3. The number of imide groups is 1. The Bertz CT molecular complexity index is 5090. The zero-order valence-corrected chi connectivity index (χ0v) is 80.0. The standard InChI is InChI=1S/C43H54N8O8.C23H24N6O6.C23H34N4O5.C2H7BN.C2H7NS.HI/c44-38-20-21-46-43(49-38)59-29-34-14-10-32(11-15-34)17-19-37(54)7-3-23-56-25-27-57-26-24-55-22-2-6-35(52)4-1-5-36(53)18-16-31-8-12-33(13-9-31)28-58-41-39-40(48-30-47-39)50-42(45)51-41;24-23-27-21-20(25-13-26-21)22(28-23)34-12-15-6-4-14(5-7-15)8-9-16(30)2-1-3-19(33)35-29-17(31)10-11-18(29)32;24-10-13-30-15-17-31-16-14-29-12-1-2-21(28)8-7-19-3-5-20(6-4-19)18-32-23-26-11-9-22(25)27-23;1-3-2-4;1-2-3-4;/h8-15,20-21,30H,1-7,16-19,22-29H2,(H2,44,46,49)(H3,45,47,48,50,51);4-7,13H,1-3,8-12H2,(H3,24,25,26,27,28);3-6,9,11H,1-2,7-8,10,12-18,24H2,(H2,25,26,27);2,4H2,1H3;3-4H,2H2,1H3;1H. The quantitative estimate of drug-likeness (QED) is 0.00557. The monoisotopic (exact) mass is 2000 g/mol. The molecule has 1 radical (unpaired) electrons. The third-order valence-electron chi connectivity index (χ3n) is 19.5. The van der Waals surface area contributed by atoms with E-state index in [9.17, 15) is 38.4 Å². The number of hydrogen-bond donors (Lipinski definition) is 10.